The monoisotopic (exact) mass is 371 g/mol. The topological polar surface area (TPSA) is 87.9 Å². The third kappa shape index (κ3) is 3.45. The molecule has 1 atom stereocenters. The van der Waals surface area contributed by atoms with Gasteiger partial charge in [0.05, 0.1) is 11.9 Å². The summed E-state index contributed by atoms with van der Waals surface area (Å²) in [5, 5.41) is 8.54. The van der Waals surface area contributed by atoms with Crippen molar-refractivity contribution in [2.24, 2.45) is 7.05 Å². The van der Waals surface area contributed by atoms with E-state index < -0.39 is 0 Å². The zero-order valence-electron chi connectivity index (χ0n) is 15.0. The van der Waals surface area contributed by atoms with E-state index in [1.165, 1.54) is 11.5 Å². The van der Waals surface area contributed by atoms with Crippen molar-refractivity contribution in [3.63, 3.8) is 0 Å². The Hall–Kier alpha value is -2.75. The van der Waals surface area contributed by atoms with Gasteiger partial charge in [-0.05, 0) is 12.5 Å². The predicted molar refractivity (Wildman–Crippen MR) is 103 cm³/mol. The van der Waals surface area contributed by atoms with Gasteiger partial charge in [-0.15, -0.1) is 0 Å². The molecule has 0 aromatic carbocycles. The van der Waals surface area contributed by atoms with Crippen LogP contribution < -0.4 is 15.1 Å². The highest BCUT2D eigenvalue weighted by Gasteiger charge is 2.25. The molecule has 0 saturated carbocycles. The first-order chi connectivity index (χ1) is 12.6. The van der Waals surface area contributed by atoms with Crippen molar-refractivity contribution in [3.05, 3.63) is 24.7 Å². The summed E-state index contributed by atoms with van der Waals surface area (Å²) >= 11 is 1.39. The average molecular weight is 371 g/mol. The van der Waals surface area contributed by atoms with E-state index in [0.29, 0.717) is 6.04 Å². The highest BCUT2D eigenvalue weighted by Crippen LogP contribution is 2.24. The van der Waals surface area contributed by atoms with E-state index in [0.717, 1.165) is 47.8 Å². The van der Waals surface area contributed by atoms with Crippen molar-refractivity contribution < 1.29 is 0 Å². The summed E-state index contributed by atoms with van der Waals surface area (Å²) in [4.78, 5) is 17.8. The summed E-state index contributed by atoms with van der Waals surface area (Å²) in [6, 6.07) is 2.22. The first-order valence-corrected chi connectivity index (χ1v) is 9.20. The summed E-state index contributed by atoms with van der Waals surface area (Å²) in [5.74, 6) is 1.49. The number of aromatic nitrogens is 6. The van der Waals surface area contributed by atoms with Crippen LogP contribution in [0.15, 0.2) is 24.7 Å². The minimum Gasteiger partial charge on any atom is -0.356 e. The summed E-state index contributed by atoms with van der Waals surface area (Å²) in [7, 11) is 5.78. The molecule has 1 unspecified atom stereocenters. The van der Waals surface area contributed by atoms with Gasteiger partial charge >= 0.3 is 0 Å². The minimum absolute atomic E-state index is 0.309. The Labute approximate surface area is 155 Å². The molecule has 0 radical (unpaired) electrons. The van der Waals surface area contributed by atoms with Crippen molar-refractivity contribution in [2.75, 3.05) is 42.3 Å². The maximum Gasteiger partial charge on any atom is 0.238 e. The Morgan fingerprint density at radius 3 is 2.92 bits per heavy atom. The smallest absolute Gasteiger partial charge is 0.238 e. The first-order valence-electron chi connectivity index (χ1n) is 8.43. The fourth-order valence-corrected chi connectivity index (χ4v) is 3.62. The summed E-state index contributed by atoms with van der Waals surface area (Å²) in [6.07, 6.45) is 6.59. The molecule has 0 aliphatic carbocycles. The molecule has 0 bridgehead atoms. The second kappa shape index (κ2) is 6.87. The van der Waals surface area contributed by atoms with Crippen LogP contribution in [0.25, 0.3) is 11.3 Å². The van der Waals surface area contributed by atoms with Crippen molar-refractivity contribution >= 4 is 28.6 Å². The maximum atomic E-state index is 4.71. The van der Waals surface area contributed by atoms with Crippen LogP contribution in [-0.4, -0.2) is 62.3 Å². The highest BCUT2D eigenvalue weighted by atomic mass is 32.1. The average Bonchev–Trinajstić information content (AvgIpc) is 3.36. The molecule has 4 rings (SSSR count). The van der Waals surface area contributed by atoms with Gasteiger partial charge in [-0.25, -0.2) is 9.97 Å². The molecule has 3 aromatic heterocycles. The SMILES string of the molecule is CN(C)c1nsc(NC2CCN(c3nccc(-c4cnn(C)c4)n3)C2)n1. The fraction of sp³-hybridized carbons (Fsp3) is 0.438. The zero-order valence-corrected chi connectivity index (χ0v) is 15.8. The van der Waals surface area contributed by atoms with Gasteiger partial charge in [-0.3, -0.25) is 4.68 Å². The van der Waals surface area contributed by atoms with E-state index in [9.17, 15) is 0 Å². The molecule has 0 amide bonds. The van der Waals surface area contributed by atoms with Gasteiger partial charge in [0.15, 0.2) is 0 Å². The third-order valence-electron chi connectivity index (χ3n) is 4.26. The number of hydrogen-bond acceptors (Lipinski definition) is 9. The summed E-state index contributed by atoms with van der Waals surface area (Å²) in [6.45, 7) is 1.75. The molecule has 26 heavy (non-hydrogen) atoms. The number of anilines is 3. The van der Waals surface area contributed by atoms with Gasteiger partial charge in [0.25, 0.3) is 0 Å². The van der Waals surface area contributed by atoms with E-state index in [1.54, 1.807) is 10.9 Å². The normalized spacial score (nSPS) is 16.9. The Bertz CT molecular complexity index is 887. The third-order valence-corrected chi connectivity index (χ3v) is 4.89. The molecule has 1 N–H and O–H groups in total. The number of rotatable bonds is 5. The van der Waals surface area contributed by atoms with Crippen LogP contribution in [-0.2, 0) is 7.05 Å². The molecule has 136 valence electrons. The molecule has 1 saturated heterocycles. The van der Waals surface area contributed by atoms with E-state index in [-0.39, 0.29) is 0 Å². The summed E-state index contributed by atoms with van der Waals surface area (Å²) < 4.78 is 6.10. The predicted octanol–water partition coefficient (Wildman–Crippen LogP) is 1.49. The Morgan fingerprint density at radius 1 is 1.31 bits per heavy atom. The molecule has 9 nitrogen and oxygen atoms in total. The molecular formula is C16H21N9S. The fourth-order valence-electron chi connectivity index (χ4n) is 2.91. The largest absolute Gasteiger partial charge is 0.356 e. The summed E-state index contributed by atoms with van der Waals surface area (Å²) in [5.41, 5.74) is 1.88. The molecular weight excluding hydrogens is 350 g/mol. The molecule has 0 spiro atoms. The quantitative estimate of drug-likeness (QED) is 0.722. The zero-order chi connectivity index (χ0) is 18.1. The standard InChI is InChI=1S/C16H21N9S/c1-23(2)15-21-16(26-22-15)19-12-5-7-25(10-12)14-17-6-4-13(20-14)11-8-18-24(3)9-11/h4,6,8-9,12H,5,7,10H2,1-3H3,(H,19,21,22). The van der Waals surface area contributed by atoms with Gasteiger partial charge in [0, 0.05) is 69.8 Å². The van der Waals surface area contributed by atoms with E-state index in [2.05, 4.69) is 29.7 Å². The van der Waals surface area contributed by atoms with Gasteiger partial charge in [0.1, 0.15) is 0 Å². The van der Waals surface area contributed by atoms with Gasteiger partial charge in [-0.1, -0.05) is 0 Å². The van der Waals surface area contributed by atoms with Crippen LogP contribution in [0.4, 0.5) is 17.0 Å². The van der Waals surface area contributed by atoms with E-state index in [1.807, 2.05) is 44.5 Å². The number of nitrogens with one attached hydrogen (secondary N) is 1. The van der Waals surface area contributed by atoms with Crippen LogP contribution >= 0.6 is 11.5 Å². The molecule has 4 heterocycles. The van der Waals surface area contributed by atoms with Crippen LogP contribution in [0.3, 0.4) is 0 Å². The molecule has 1 fully saturated rings. The minimum atomic E-state index is 0.309. The Morgan fingerprint density at radius 2 is 2.19 bits per heavy atom. The van der Waals surface area contributed by atoms with Gasteiger partial charge in [-0.2, -0.15) is 14.5 Å². The Kier molecular flexibility index (Phi) is 4.41. The van der Waals surface area contributed by atoms with E-state index >= 15 is 0 Å². The number of hydrogen-bond donors (Lipinski definition) is 1. The molecule has 1 aliphatic rings. The van der Waals surface area contributed by atoms with Crippen molar-refractivity contribution in [1.82, 2.24) is 29.1 Å². The van der Waals surface area contributed by atoms with E-state index in [4.69, 9.17) is 4.98 Å². The second-order valence-electron chi connectivity index (χ2n) is 6.51. The van der Waals surface area contributed by atoms with Crippen molar-refractivity contribution in [1.29, 1.82) is 0 Å². The van der Waals surface area contributed by atoms with Gasteiger partial charge < -0.3 is 15.1 Å². The molecule has 10 heteroatoms. The lowest BCUT2D eigenvalue weighted by Crippen LogP contribution is -2.27. The van der Waals surface area contributed by atoms with Crippen molar-refractivity contribution in [3.8, 4) is 11.3 Å². The maximum absolute atomic E-state index is 4.71. The molecule has 1 aliphatic heterocycles. The van der Waals surface area contributed by atoms with Crippen LogP contribution in [0.2, 0.25) is 0 Å². The lowest BCUT2D eigenvalue weighted by atomic mass is 10.2. The van der Waals surface area contributed by atoms with Crippen molar-refractivity contribution in [2.45, 2.75) is 12.5 Å². The van der Waals surface area contributed by atoms with Gasteiger partial charge in [0.2, 0.25) is 17.0 Å². The second-order valence-corrected chi connectivity index (χ2v) is 7.27. The van der Waals surface area contributed by atoms with Crippen LogP contribution in [0.5, 0.6) is 0 Å². The lowest BCUT2D eigenvalue weighted by Gasteiger charge is -2.17. The van der Waals surface area contributed by atoms with Crippen LogP contribution in [0, 0.1) is 0 Å². The van der Waals surface area contributed by atoms with Crippen LogP contribution in [0.1, 0.15) is 6.42 Å². The highest BCUT2D eigenvalue weighted by molar-refractivity contribution is 7.09. The first kappa shape index (κ1) is 16.7. The number of aryl methyl sites for hydroxylation is 1. The molecule has 3 aromatic rings. The lowest BCUT2D eigenvalue weighted by molar-refractivity contribution is 0.768. The Balaban J connectivity index is 1.43. The number of nitrogens with zero attached hydrogens (tertiary/aromatic N) is 8.